The molecule has 1 aromatic carbocycles. The number of H-pyrrole nitrogens is 1. The summed E-state index contributed by atoms with van der Waals surface area (Å²) in [5.74, 6) is -0.181. The molecular formula is C23H20N4O. The number of amides is 1. The molecule has 5 heteroatoms. The molecule has 3 aromatic heterocycles. The third kappa shape index (κ3) is 3.18. The number of aromatic amines is 1. The van der Waals surface area contributed by atoms with Crippen LogP contribution in [0.1, 0.15) is 5.56 Å². The van der Waals surface area contributed by atoms with Crippen LogP contribution in [0.3, 0.4) is 0 Å². The monoisotopic (exact) mass is 368 g/mol. The van der Waals surface area contributed by atoms with Gasteiger partial charge in [-0.1, -0.05) is 36.4 Å². The predicted molar refractivity (Wildman–Crippen MR) is 113 cm³/mol. The molecule has 138 valence electrons. The molecule has 0 radical (unpaired) electrons. The Morgan fingerprint density at radius 2 is 1.93 bits per heavy atom. The summed E-state index contributed by atoms with van der Waals surface area (Å²) >= 11 is 0. The van der Waals surface area contributed by atoms with Gasteiger partial charge in [0.25, 0.3) is 0 Å². The normalized spacial score (nSPS) is 10.8. The molecular weight excluding hydrogens is 348 g/mol. The van der Waals surface area contributed by atoms with Crippen LogP contribution >= 0.6 is 0 Å². The number of rotatable bonds is 4. The third-order valence-corrected chi connectivity index (χ3v) is 4.81. The zero-order chi connectivity index (χ0) is 19.7. The van der Waals surface area contributed by atoms with E-state index in [4.69, 9.17) is 0 Å². The van der Waals surface area contributed by atoms with Crippen LogP contribution in [0.4, 0.5) is 5.69 Å². The van der Waals surface area contributed by atoms with Gasteiger partial charge in [-0.25, -0.2) is 4.98 Å². The number of carbonyl (C=O) groups excluding carboxylic acids is 1. The Kier molecular flexibility index (Phi) is 4.49. The third-order valence-electron chi connectivity index (χ3n) is 4.81. The Balaban J connectivity index is 1.79. The van der Waals surface area contributed by atoms with E-state index < -0.39 is 0 Å². The van der Waals surface area contributed by atoms with Gasteiger partial charge < -0.3 is 9.88 Å². The van der Waals surface area contributed by atoms with Crippen LogP contribution in [0, 0.1) is 6.92 Å². The minimum absolute atomic E-state index is 0.181. The molecule has 1 N–H and O–H groups in total. The molecule has 0 fully saturated rings. The van der Waals surface area contributed by atoms with E-state index in [0.717, 1.165) is 33.3 Å². The highest BCUT2D eigenvalue weighted by Gasteiger charge is 2.12. The topological polar surface area (TPSA) is 61.9 Å². The number of benzene rings is 1. The van der Waals surface area contributed by atoms with Crippen LogP contribution in [-0.4, -0.2) is 27.9 Å². The molecule has 0 spiro atoms. The standard InChI is InChI=1S/C23H20N4O/c1-4-22(28)27(3)19-9-17(11-24-13-19)18-10-20-21(14-26-23(20)25-12-18)16-7-5-6-15(2)8-16/h4-14H,1H2,2-3H3,(H,25,26). The Hall–Kier alpha value is -3.73. The second kappa shape index (κ2) is 7.12. The van der Waals surface area contributed by atoms with E-state index in [1.807, 2.05) is 18.5 Å². The largest absolute Gasteiger partial charge is 0.346 e. The van der Waals surface area contributed by atoms with E-state index in [9.17, 15) is 4.79 Å². The number of likely N-dealkylation sites (N-methyl/N-ethyl adjacent to an activating group) is 1. The second-order valence-corrected chi connectivity index (χ2v) is 6.73. The second-order valence-electron chi connectivity index (χ2n) is 6.73. The van der Waals surface area contributed by atoms with Crippen LogP contribution in [0.2, 0.25) is 0 Å². The average Bonchev–Trinajstić information content (AvgIpc) is 3.16. The predicted octanol–water partition coefficient (Wildman–Crippen LogP) is 4.75. The summed E-state index contributed by atoms with van der Waals surface area (Å²) in [6.07, 6.45) is 8.52. The smallest absolute Gasteiger partial charge is 0.250 e. The number of aromatic nitrogens is 3. The Bertz CT molecular complexity index is 1190. The molecule has 1 amide bonds. The van der Waals surface area contributed by atoms with Crippen molar-refractivity contribution in [3.05, 3.63) is 79.4 Å². The van der Waals surface area contributed by atoms with E-state index in [1.165, 1.54) is 16.5 Å². The van der Waals surface area contributed by atoms with Crippen molar-refractivity contribution >= 4 is 22.6 Å². The first-order chi connectivity index (χ1) is 13.6. The lowest BCUT2D eigenvalue weighted by Gasteiger charge is -2.15. The molecule has 4 rings (SSSR count). The number of nitrogens with one attached hydrogen (secondary N) is 1. The van der Waals surface area contributed by atoms with E-state index in [2.05, 4.69) is 58.8 Å². The fourth-order valence-corrected chi connectivity index (χ4v) is 3.25. The lowest BCUT2D eigenvalue weighted by Crippen LogP contribution is -2.23. The molecule has 4 aromatic rings. The summed E-state index contributed by atoms with van der Waals surface area (Å²) in [6, 6.07) is 12.4. The molecule has 5 nitrogen and oxygen atoms in total. The summed E-state index contributed by atoms with van der Waals surface area (Å²) in [6.45, 7) is 5.62. The number of fused-ring (bicyclic) bond motifs is 1. The number of pyridine rings is 2. The first kappa shape index (κ1) is 17.7. The SMILES string of the molecule is C=CC(=O)N(C)c1cncc(-c2cnc3[nH]cc(-c4cccc(C)c4)c3c2)c1. The zero-order valence-electron chi connectivity index (χ0n) is 15.8. The van der Waals surface area contributed by atoms with Crippen LogP contribution in [0.25, 0.3) is 33.3 Å². The number of anilines is 1. The average molecular weight is 368 g/mol. The van der Waals surface area contributed by atoms with Gasteiger partial charge in [-0.05, 0) is 30.7 Å². The van der Waals surface area contributed by atoms with Gasteiger partial charge in [-0.15, -0.1) is 0 Å². The van der Waals surface area contributed by atoms with Gasteiger partial charge in [-0.2, -0.15) is 0 Å². The van der Waals surface area contributed by atoms with Crippen molar-refractivity contribution in [2.75, 3.05) is 11.9 Å². The lowest BCUT2D eigenvalue weighted by molar-refractivity contribution is -0.113. The van der Waals surface area contributed by atoms with E-state index in [1.54, 1.807) is 19.4 Å². The van der Waals surface area contributed by atoms with Gasteiger partial charge in [0, 0.05) is 47.7 Å². The highest BCUT2D eigenvalue weighted by Crippen LogP contribution is 2.32. The summed E-state index contributed by atoms with van der Waals surface area (Å²) in [5, 5.41) is 1.05. The van der Waals surface area contributed by atoms with Gasteiger partial charge in [-0.3, -0.25) is 9.78 Å². The number of hydrogen-bond acceptors (Lipinski definition) is 3. The maximum atomic E-state index is 11.9. The van der Waals surface area contributed by atoms with Crippen molar-refractivity contribution in [1.82, 2.24) is 15.0 Å². The van der Waals surface area contributed by atoms with Gasteiger partial charge in [0.15, 0.2) is 0 Å². The number of carbonyl (C=O) groups is 1. The first-order valence-electron chi connectivity index (χ1n) is 8.96. The van der Waals surface area contributed by atoms with Crippen molar-refractivity contribution in [1.29, 1.82) is 0 Å². The van der Waals surface area contributed by atoms with Gasteiger partial charge >= 0.3 is 0 Å². The molecule has 0 bridgehead atoms. The van der Waals surface area contributed by atoms with Crippen molar-refractivity contribution in [3.63, 3.8) is 0 Å². The summed E-state index contributed by atoms with van der Waals surface area (Å²) in [4.78, 5) is 25.5. The van der Waals surface area contributed by atoms with Crippen LogP contribution in [0.15, 0.2) is 73.8 Å². The highest BCUT2D eigenvalue weighted by molar-refractivity contribution is 6.01. The summed E-state index contributed by atoms with van der Waals surface area (Å²) in [7, 11) is 1.70. The van der Waals surface area contributed by atoms with Gasteiger partial charge in [0.2, 0.25) is 5.91 Å². The highest BCUT2D eigenvalue weighted by atomic mass is 16.2. The van der Waals surface area contributed by atoms with Crippen molar-refractivity contribution < 1.29 is 4.79 Å². The maximum Gasteiger partial charge on any atom is 0.250 e. The maximum absolute atomic E-state index is 11.9. The minimum atomic E-state index is -0.181. The van der Waals surface area contributed by atoms with Crippen LogP contribution < -0.4 is 4.90 Å². The van der Waals surface area contributed by atoms with E-state index in [0.29, 0.717) is 5.69 Å². The fraction of sp³-hybridized carbons (Fsp3) is 0.0870. The Morgan fingerprint density at radius 3 is 2.71 bits per heavy atom. The molecule has 0 unspecified atom stereocenters. The number of hydrogen-bond donors (Lipinski definition) is 1. The molecule has 28 heavy (non-hydrogen) atoms. The van der Waals surface area contributed by atoms with Gasteiger partial charge in [0.05, 0.1) is 11.9 Å². The molecule has 0 aliphatic heterocycles. The number of nitrogens with zero attached hydrogens (tertiary/aromatic N) is 3. The summed E-state index contributed by atoms with van der Waals surface area (Å²) < 4.78 is 0. The Labute approximate surface area is 163 Å². The van der Waals surface area contributed by atoms with Crippen LogP contribution in [-0.2, 0) is 4.79 Å². The summed E-state index contributed by atoms with van der Waals surface area (Å²) in [5.41, 5.74) is 6.84. The molecule has 0 aliphatic carbocycles. The fourth-order valence-electron chi connectivity index (χ4n) is 3.25. The zero-order valence-corrected chi connectivity index (χ0v) is 15.8. The molecule has 0 atom stereocenters. The lowest BCUT2D eigenvalue weighted by atomic mass is 10.0. The van der Waals surface area contributed by atoms with Gasteiger partial charge in [0.1, 0.15) is 5.65 Å². The molecule has 3 heterocycles. The molecule has 0 saturated heterocycles. The van der Waals surface area contributed by atoms with Crippen molar-refractivity contribution in [3.8, 4) is 22.3 Å². The molecule has 0 aliphatic rings. The quantitative estimate of drug-likeness (QED) is 0.529. The Morgan fingerprint density at radius 1 is 1.11 bits per heavy atom. The minimum Gasteiger partial charge on any atom is -0.346 e. The van der Waals surface area contributed by atoms with E-state index in [-0.39, 0.29) is 5.91 Å². The van der Waals surface area contributed by atoms with Crippen molar-refractivity contribution in [2.45, 2.75) is 6.92 Å². The van der Waals surface area contributed by atoms with E-state index >= 15 is 0 Å². The number of aryl methyl sites for hydroxylation is 1. The first-order valence-corrected chi connectivity index (χ1v) is 8.96. The molecule has 0 saturated carbocycles. The van der Waals surface area contributed by atoms with Crippen LogP contribution in [0.5, 0.6) is 0 Å². The van der Waals surface area contributed by atoms with Crippen molar-refractivity contribution in [2.24, 2.45) is 0 Å².